The summed E-state index contributed by atoms with van der Waals surface area (Å²) in [6.07, 6.45) is 2.47. The lowest BCUT2D eigenvalue weighted by molar-refractivity contribution is 0.0599. The van der Waals surface area contributed by atoms with E-state index in [1.54, 1.807) is 0 Å². The Morgan fingerprint density at radius 2 is 2.33 bits per heavy atom. The third-order valence-electron chi connectivity index (χ3n) is 3.13. The van der Waals surface area contributed by atoms with Gasteiger partial charge < -0.3 is 10.4 Å². The van der Waals surface area contributed by atoms with E-state index in [0.29, 0.717) is 12.5 Å². The third-order valence-corrected chi connectivity index (χ3v) is 3.13. The average molecular weight is 170 g/mol. The molecule has 12 heavy (non-hydrogen) atoms. The number of fused-ring (bicyclic) bond motifs is 1. The Kier molecular flexibility index (Phi) is 2.63. The molecule has 0 bridgehead atoms. The van der Waals surface area contributed by atoms with E-state index in [9.17, 15) is 0 Å². The number of piperidine rings is 1. The van der Waals surface area contributed by atoms with Crippen molar-refractivity contribution in [3.63, 3.8) is 0 Å². The fourth-order valence-electron chi connectivity index (χ4n) is 2.33. The highest BCUT2D eigenvalue weighted by atomic mass is 16.3. The Balaban J connectivity index is 1.90. The first-order valence-corrected chi connectivity index (χ1v) is 4.96. The number of nitrogens with zero attached hydrogens (tertiary/aromatic N) is 1. The molecule has 0 aromatic rings. The molecule has 0 saturated carbocycles. The summed E-state index contributed by atoms with van der Waals surface area (Å²) in [5.74, 6) is 0.541. The quantitative estimate of drug-likeness (QED) is 0.565. The minimum atomic E-state index is 0.372. The standard InChI is InChI=1S/C9H18N2O/c12-7-8-1-2-9-5-10-3-4-11(9)6-8/h8-10,12H,1-7H2/t8-,9-/m0/s1. The molecule has 0 aromatic carbocycles. The average Bonchev–Trinajstić information content (AvgIpc) is 2.17. The lowest BCUT2D eigenvalue weighted by atomic mass is 9.92. The van der Waals surface area contributed by atoms with Gasteiger partial charge in [0.2, 0.25) is 0 Å². The Labute approximate surface area is 73.8 Å². The predicted molar refractivity (Wildman–Crippen MR) is 48.0 cm³/mol. The molecule has 2 N–H and O–H groups in total. The molecule has 2 aliphatic heterocycles. The number of aliphatic hydroxyl groups excluding tert-OH is 1. The molecule has 0 aliphatic carbocycles. The van der Waals surface area contributed by atoms with E-state index in [-0.39, 0.29) is 0 Å². The van der Waals surface area contributed by atoms with Crippen molar-refractivity contribution in [2.45, 2.75) is 18.9 Å². The zero-order valence-electron chi connectivity index (χ0n) is 7.50. The molecule has 0 unspecified atom stereocenters. The second-order valence-corrected chi connectivity index (χ2v) is 3.98. The van der Waals surface area contributed by atoms with Gasteiger partial charge in [0.05, 0.1) is 0 Å². The van der Waals surface area contributed by atoms with Crippen molar-refractivity contribution in [1.29, 1.82) is 0 Å². The second kappa shape index (κ2) is 3.73. The van der Waals surface area contributed by atoms with Crippen LogP contribution in [0.4, 0.5) is 0 Å². The monoisotopic (exact) mass is 170 g/mol. The van der Waals surface area contributed by atoms with Gasteiger partial charge in [0, 0.05) is 38.8 Å². The van der Waals surface area contributed by atoms with E-state index in [4.69, 9.17) is 5.11 Å². The van der Waals surface area contributed by atoms with Gasteiger partial charge in [0.1, 0.15) is 0 Å². The summed E-state index contributed by atoms with van der Waals surface area (Å²) in [4.78, 5) is 2.53. The number of piperazine rings is 1. The number of aliphatic hydroxyl groups is 1. The van der Waals surface area contributed by atoms with E-state index in [1.165, 1.54) is 19.4 Å². The van der Waals surface area contributed by atoms with Gasteiger partial charge in [-0.15, -0.1) is 0 Å². The lowest BCUT2D eigenvalue weighted by Gasteiger charge is -2.42. The second-order valence-electron chi connectivity index (χ2n) is 3.98. The molecule has 3 heteroatoms. The van der Waals surface area contributed by atoms with Gasteiger partial charge in [-0.2, -0.15) is 0 Å². The molecule has 2 atom stereocenters. The highest BCUT2D eigenvalue weighted by Gasteiger charge is 2.29. The molecule has 2 aliphatic rings. The summed E-state index contributed by atoms with van der Waals surface area (Å²) in [5, 5.41) is 12.5. The molecule has 0 aromatic heterocycles. The minimum Gasteiger partial charge on any atom is -0.396 e. The SMILES string of the molecule is OC[C@H]1CC[C@H]2CNCCN2C1. The lowest BCUT2D eigenvalue weighted by Crippen LogP contribution is -2.55. The first-order chi connectivity index (χ1) is 5.90. The first-order valence-electron chi connectivity index (χ1n) is 4.96. The van der Waals surface area contributed by atoms with Crippen LogP contribution in [0, 0.1) is 5.92 Å². The van der Waals surface area contributed by atoms with Gasteiger partial charge >= 0.3 is 0 Å². The van der Waals surface area contributed by atoms with Crippen LogP contribution in [-0.2, 0) is 0 Å². The first kappa shape index (κ1) is 8.48. The van der Waals surface area contributed by atoms with Gasteiger partial charge in [-0.25, -0.2) is 0 Å². The zero-order valence-corrected chi connectivity index (χ0v) is 7.50. The van der Waals surface area contributed by atoms with E-state index in [2.05, 4.69) is 10.2 Å². The summed E-state index contributed by atoms with van der Waals surface area (Å²) >= 11 is 0. The van der Waals surface area contributed by atoms with Gasteiger partial charge in [-0.1, -0.05) is 0 Å². The van der Waals surface area contributed by atoms with Gasteiger partial charge in [0.15, 0.2) is 0 Å². The van der Waals surface area contributed by atoms with E-state index in [1.807, 2.05) is 0 Å². The predicted octanol–water partition coefficient (Wildman–Crippen LogP) is -0.337. The van der Waals surface area contributed by atoms with Crippen LogP contribution in [0.2, 0.25) is 0 Å². The molecular formula is C9H18N2O. The summed E-state index contributed by atoms with van der Waals surface area (Å²) in [5.41, 5.74) is 0. The van der Waals surface area contributed by atoms with Crippen molar-refractivity contribution in [1.82, 2.24) is 10.2 Å². The number of nitrogens with one attached hydrogen (secondary N) is 1. The fourth-order valence-corrected chi connectivity index (χ4v) is 2.33. The van der Waals surface area contributed by atoms with Crippen LogP contribution in [0.25, 0.3) is 0 Å². The summed E-state index contributed by atoms with van der Waals surface area (Å²) < 4.78 is 0. The Morgan fingerprint density at radius 1 is 1.42 bits per heavy atom. The van der Waals surface area contributed by atoms with Crippen LogP contribution < -0.4 is 5.32 Å². The van der Waals surface area contributed by atoms with Crippen LogP contribution in [0.15, 0.2) is 0 Å². The summed E-state index contributed by atoms with van der Waals surface area (Å²) in [7, 11) is 0. The Hall–Kier alpha value is -0.120. The molecule has 0 amide bonds. The molecule has 0 radical (unpaired) electrons. The maximum Gasteiger partial charge on any atom is 0.0471 e. The van der Waals surface area contributed by atoms with Crippen molar-refractivity contribution >= 4 is 0 Å². The van der Waals surface area contributed by atoms with Crippen LogP contribution in [0.3, 0.4) is 0 Å². The number of rotatable bonds is 1. The maximum atomic E-state index is 9.04. The van der Waals surface area contributed by atoms with Crippen molar-refractivity contribution in [2.24, 2.45) is 5.92 Å². The van der Waals surface area contributed by atoms with Gasteiger partial charge in [-0.3, -0.25) is 4.90 Å². The molecule has 70 valence electrons. The Morgan fingerprint density at radius 3 is 3.17 bits per heavy atom. The third kappa shape index (κ3) is 1.63. The van der Waals surface area contributed by atoms with Gasteiger partial charge in [0.25, 0.3) is 0 Å². The summed E-state index contributed by atoms with van der Waals surface area (Å²) in [6, 6.07) is 0.751. The van der Waals surface area contributed by atoms with Crippen LogP contribution >= 0.6 is 0 Å². The fraction of sp³-hybridized carbons (Fsp3) is 1.00. The Bertz CT molecular complexity index is 151. The smallest absolute Gasteiger partial charge is 0.0471 e. The minimum absolute atomic E-state index is 0.372. The molecule has 3 nitrogen and oxygen atoms in total. The van der Waals surface area contributed by atoms with Crippen molar-refractivity contribution in [2.75, 3.05) is 32.8 Å². The topological polar surface area (TPSA) is 35.5 Å². The van der Waals surface area contributed by atoms with Gasteiger partial charge in [-0.05, 0) is 18.8 Å². The molecule has 2 rings (SSSR count). The van der Waals surface area contributed by atoms with Crippen LogP contribution in [0.1, 0.15) is 12.8 Å². The number of hydrogen-bond acceptors (Lipinski definition) is 3. The van der Waals surface area contributed by atoms with E-state index in [0.717, 1.165) is 25.7 Å². The normalized spacial score (nSPS) is 37.8. The van der Waals surface area contributed by atoms with Crippen molar-refractivity contribution in [3.8, 4) is 0 Å². The zero-order chi connectivity index (χ0) is 8.39. The molecular weight excluding hydrogens is 152 g/mol. The van der Waals surface area contributed by atoms with Crippen molar-refractivity contribution < 1.29 is 5.11 Å². The van der Waals surface area contributed by atoms with Crippen molar-refractivity contribution in [3.05, 3.63) is 0 Å². The highest BCUT2D eigenvalue weighted by molar-refractivity contribution is 4.86. The maximum absolute atomic E-state index is 9.04. The highest BCUT2D eigenvalue weighted by Crippen LogP contribution is 2.22. The number of hydrogen-bond donors (Lipinski definition) is 2. The molecule has 2 saturated heterocycles. The van der Waals surface area contributed by atoms with Crippen LogP contribution in [0.5, 0.6) is 0 Å². The summed E-state index contributed by atoms with van der Waals surface area (Å²) in [6.45, 7) is 4.92. The molecule has 0 spiro atoms. The largest absolute Gasteiger partial charge is 0.396 e. The van der Waals surface area contributed by atoms with E-state index >= 15 is 0 Å². The molecule has 2 fully saturated rings. The van der Waals surface area contributed by atoms with Crippen LogP contribution in [-0.4, -0.2) is 48.8 Å². The van der Waals surface area contributed by atoms with E-state index < -0.39 is 0 Å². The molecule has 2 heterocycles.